The molecule has 1 aliphatic rings. The van der Waals surface area contributed by atoms with Crippen LogP contribution in [0.5, 0.6) is 0 Å². The number of rotatable bonds is 6. The maximum Gasteiger partial charge on any atom is 0.222 e. The standard InChI is InChI=1S/C17H22ClN5O/c18-15-6-2-3-7-16(15)22-9-11-23(12-10-22)17(24)8-4-1-5-14-13-19-21-20-14/h2-3,6-7,13H,1,4-5,8-12H2,(H,19,20,21). The van der Waals surface area contributed by atoms with Gasteiger partial charge in [-0.05, 0) is 31.4 Å². The molecule has 1 aliphatic heterocycles. The lowest BCUT2D eigenvalue weighted by molar-refractivity contribution is -0.131. The number of aryl methyl sites for hydroxylation is 1. The predicted molar refractivity (Wildman–Crippen MR) is 94.2 cm³/mol. The van der Waals surface area contributed by atoms with E-state index in [0.29, 0.717) is 6.42 Å². The molecule has 0 atom stereocenters. The van der Waals surface area contributed by atoms with Crippen molar-refractivity contribution in [2.24, 2.45) is 0 Å². The van der Waals surface area contributed by atoms with Crippen LogP contribution < -0.4 is 4.90 Å². The predicted octanol–water partition coefficient (Wildman–Crippen LogP) is 2.52. The summed E-state index contributed by atoms with van der Waals surface area (Å²) in [5.41, 5.74) is 2.01. The van der Waals surface area contributed by atoms with Gasteiger partial charge in [0.1, 0.15) is 0 Å². The minimum Gasteiger partial charge on any atom is -0.367 e. The average molecular weight is 348 g/mol. The first-order valence-electron chi connectivity index (χ1n) is 8.36. The molecular weight excluding hydrogens is 326 g/mol. The van der Waals surface area contributed by atoms with Crippen molar-refractivity contribution in [1.29, 1.82) is 0 Å². The number of aromatic amines is 1. The van der Waals surface area contributed by atoms with Gasteiger partial charge in [0, 0.05) is 32.6 Å². The molecule has 1 aromatic carbocycles. The maximum atomic E-state index is 12.3. The van der Waals surface area contributed by atoms with Gasteiger partial charge in [0.05, 0.1) is 22.6 Å². The molecule has 0 unspecified atom stereocenters. The third kappa shape index (κ3) is 4.26. The molecule has 1 saturated heterocycles. The third-order valence-electron chi connectivity index (χ3n) is 4.36. The van der Waals surface area contributed by atoms with E-state index >= 15 is 0 Å². The fraction of sp³-hybridized carbons (Fsp3) is 0.471. The number of aromatic nitrogens is 3. The number of H-pyrrole nitrogens is 1. The molecule has 1 N–H and O–H groups in total. The molecule has 0 spiro atoms. The minimum atomic E-state index is 0.244. The molecular formula is C17H22ClN5O. The van der Waals surface area contributed by atoms with E-state index in [2.05, 4.69) is 20.3 Å². The smallest absolute Gasteiger partial charge is 0.222 e. The number of amides is 1. The number of carbonyl (C=O) groups is 1. The molecule has 2 heterocycles. The molecule has 6 nitrogen and oxygen atoms in total. The Morgan fingerprint density at radius 3 is 2.67 bits per heavy atom. The highest BCUT2D eigenvalue weighted by Crippen LogP contribution is 2.26. The Labute approximate surface area is 146 Å². The fourth-order valence-electron chi connectivity index (χ4n) is 2.99. The van der Waals surface area contributed by atoms with Gasteiger partial charge in [0.15, 0.2) is 0 Å². The Kier molecular flexibility index (Phi) is 5.69. The summed E-state index contributed by atoms with van der Waals surface area (Å²) >= 11 is 6.25. The van der Waals surface area contributed by atoms with Gasteiger partial charge in [-0.15, -0.1) is 0 Å². The normalized spacial score (nSPS) is 14.9. The van der Waals surface area contributed by atoms with E-state index in [1.807, 2.05) is 29.2 Å². The van der Waals surface area contributed by atoms with Crippen molar-refractivity contribution in [2.45, 2.75) is 25.7 Å². The number of halogens is 1. The fourth-order valence-corrected chi connectivity index (χ4v) is 3.25. The van der Waals surface area contributed by atoms with Crippen molar-refractivity contribution in [3.8, 4) is 0 Å². The second kappa shape index (κ2) is 8.15. The summed E-state index contributed by atoms with van der Waals surface area (Å²) in [4.78, 5) is 16.5. The van der Waals surface area contributed by atoms with Gasteiger partial charge in [-0.2, -0.15) is 15.4 Å². The Morgan fingerprint density at radius 2 is 1.96 bits per heavy atom. The second-order valence-electron chi connectivity index (χ2n) is 5.99. The number of unbranched alkanes of at least 4 members (excludes halogenated alkanes) is 1. The molecule has 1 fully saturated rings. The zero-order valence-electron chi connectivity index (χ0n) is 13.6. The second-order valence-corrected chi connectivity index (χ2v) is 6.39. The maximum absolute atomic E-state index is 12.3. The van der Waals surface area contributed by atoms with Crippen LogP contribution >= 0.6 is 11.6 Å². The first-order chi connectivity index (χ1) is 11.7. The van der Waals surface area contributed by atoms with E-state index in [1.165, 1.54) is 0 Å². The highest BCUT2D eigenvalue weighted by Gasteiger charge is 2.21. The lowest BCUT2D eigenvalue weighted by Gasteiger charge is -2.36. The summed E-state index contributed by atoms with van der Waals surface area (Å²) in [5.74, 6) is 0.244. The summed E-state index contributed by atoms with van der Waals surface area (Å²) in [5, 5.41) is 11.2. The summed E-state index contributed by atoms with van der Waals surface area (Å²) in [6, 6.07) is 7.87. The first kappa shape index (κ1) is 16.8. The number of hydrogen-bond acceptors (Lipinski definition) is 4. The summed E-state index contributed by atoms with van der Waals surface area (Å²) in [6.45, 7) is 3.17. The van der Waals surface area contributed by atoms with Crippen LogP contribution in [0, 0.1) is 0 Å². The van der Waals surface area contributed by atoms with Gasteiger partial charge in [0.25, 0.3) is 0 Å². The van der Waals surface area contributed by atoms with Gasteiger partial charge in [0.2, 0.25) is 5.91 Å². The molecule has 3 rings (SSSR count). The average Bonchev–Trinajstić information content (AvgIpc) is 3.13. The number of piperazine rings is 1. The van der Waals surface area contributed by atoms with Gasteiger partial charge < -0.3 is 9.80 Å². The molecule has 1 amide bonds. The number of anilines is 1. The van der Waals surface area contributed by atoms with E-state index in [4.69, 9.17) is 11.6 Å². The number of hydrogen-bond donors (Lipinski definition) is 1. The first-order valence-corrected chi connectivity index (χ1v) is 8.74. The van der Waals surface area contributed by atoms with E-state index in [1.54, 1.807) is 6.20 Å². The lowest BCUT2D eigenvalue weighted by Crippen LogP contribution is -2.48. The van der Waals surface area contributed by atoms with E-state index in [0.717, 1.165) is 61.8 Å². The van der Waals surface area contributed by atoms with Gasteiger partial charge in [-0.1, -0.05) is 23.7 Å². The van der Waals surface area contributed by atoms with E-state index < -0.39 is 0 Å². The third-order valence-corrected chi connectivity index (χ3v) is 4.68. The Hall–Kier alpha value is -2.08. The Morgan fingerprint density at radius 1 is 1.17 bits per heavy atom. The van der Waals surface area contributed by atoms with Crippen LogP contribution in [-0.4, -0.2) is 52.4 Å². The van der Waals surface area contributed by atoms with Crippen LogP contribution in [0.1, 0.15) is 25.0 Å². The molecule has 0 radical (unpaired) electrons. The van der Waals surface area contributed by atoms with Crippen molar-refractivity contribution >= 4 is 23.2 Å². The highest BCUT2D eigenvalue weighted by atomic mass is 35.5. The van der Waals surface area contributed by atoms with E-state index in [9.17, 15) is 4.79 Å². The molecule has 24 heavy (non-hydrogen) atoms. The van der Waals surface area contributed by atoms with Crippen LogP contribution in [-0.2, 0) is 11.2 Å². The summed E-state index contributed by atoms with van der Waals surface area (Å²) in [6.07, 6.45) is 5.04. The minimum absolute atomic E-state index is 0.244. The Balaban J connectivity index is 1.39. The number of nitrogens with zero attached hydrogens (tertiary/aromatic N) is 4. The molecule has 7 heteroatoms. The highest BCUT2D eigenvalue weighted by molar-refractivity contribution is 6.33. The number of nitrogens with one attached hydrogen (secondary N) is 1. The van der Waals surface area contributed by atoms with Crippen LogP contribution in [0.25, 0.3) is 0 Å². The summed E-state index contributed by atoms with van der Waals surface area (Å²) < 4.78 is 0. The topological polar surface area (TPSA) is 65.1 Å². The Bertz CT molecular complexity index is 653. The molecule has 0 saturated carbocycles. The number of carbonyl (C=O) groups excluding carboxylic acids is 1. The monoisotopic (exact) mass is 347 g/mol. The van der Waals surface area contributed by atoms with E-state index in [-0.39, 0.29) is 5.91 Å². The lowest BCUT2D eigenvalue weighted by atomic mass is 10.1. The quantitative estimate of drug-likeness (QED) is 0.815. The summed E-state index contributed by atoms with van der Waals surface area (Å²) in [7, 11) is 0. The van der Waals surface area contributed by atoms with Crippen LogP contribution in [0.4, 0.5) is 5.69 Å². The van der Waals surface area contributed by atoms with Crippen molar-refractivity contribution in [2.75, 3.05) is 31.1 Å². The number of para-hydroxylation sites is 1. The number of benzene rings is 1. The zero-order chi connectivity index (χ0) is 16.8. The molecule has 0 bridgehead atoms. The van der Waals surface area contributed by atoms with Gasteiger partial charge in [-0.3, -0.25) is 4.79 Å². The van der Waals surface area contributed by atoms with Crippen molar-refractivity contribution in [3.05, 3.63) is 41.2 Å². The molecule has 0 aliphatic carbocycles. The molecule has 1 aromatic heterocycles. The largest absolute Gasteiger partial charge is 0.367 e. The molecule has 2 aromatic rings. The van der Waals surface area contributed by atoms with Crippen molar-refractivity contribution < 1.29 is 4.79 Å². The molecule has 128 valence electrons. The van der Waals surface area contributed by atoms with Crippen LogP contribution in [0.2, 0.25) is 5.02 Å². The van der Waals surface area contributed by atoms with Gasteiger partial charge >= 0.3 is 0 Å². The van der Waals surface area contributed by atoms with Gasteiger partial charge in [-0.25, -0.2) is 0 Å². The SMILES string of the molecule is O=C(CCCCc1cn[nH]n1)N1CCN(c2ccccc2Cl)CC1. The van der Waals surface area contributed by atoms with Crippen LogP contribution in [0.15, 0.2) is 30.5 Å². The van der Waals surface area contributed by atoms with Crippen molar-refractivity contribution in [1.82, 2.24) is 20.3 Å². The van der Waals surface area contributed by atoms with Crippen LogP contribution in [0.3, 0.4) is 0 Å². The zero-order valence-corrected chi connectivity index (χ0v) is 14.4. The van der Waals surface area contributed by atoms with Crippen molar-refractivity contribution in [3.63, 3.8) is 0 Å².